The Morgan fingerprint density at radius 2 is 1.32 bits per heavy atom. The Morgan fingerprint density at radius 3 is 1.92 bits per heavy atom. The van der Waals surface area contributed by atoms with Crippen molar-refractivity contribution in [1.29, 1.82) is 0 Å². The fourth-order valence-electron chi connectivity index (χ4n) is 5.92. The minimum absolute atomic E-state index is 0.298. The first-order valence-electron chi connectivity index (χ1n) is 13.9. The predicted molar refractivity (Wildman–Crippen MR) is 156 cm³/mol. The first-order valence-corrected chi connectivity index (χ1v) is 13.9. The number of hydrogen-bond acceptors (Lipinski definition) is 4. The van der Waals surface area contributed by atoms with Crippen molar-refractivity contribution in [3.8, 4) is 5.75 Å². The molecule has 4 heteroatoms. The van der Waals surface area contributed by atoms with E-state index in [2.05, 4.69) is 83.3 Å². The number of aromatic hydroxyl groups is 1. The molecule has 1 N–H and O–H groups in total. The number of phenolic OH excluding ortho intramolecular Hbond substituents is 1. The first-order chi connectivity index (χ1) is 18.1. The molecule has 2 aliphatic rings. The normalized spacial score (nSPS) is 18.6. The highest BCUT2D eigenvalue weighted by Crippen LogP contribution is 2.36. The van der Waals surface area contributed by atoms with Gasteiger partial charge in [0, 0.05) is 51.5 Å². The summed E-state index contributed by atoms with van der Waals surface area (Å²) in [6.07, 6.45) is 3.49. The molecule has 2 heterocycles. The van der Waals surface area contributed by atoms with Crippen LogP contribution in [-0.2, 0) is 0 Å². The fraction of sp³-hybridized carbons (Fsp3) is 0.394. The molecule has 0 saturated carbocycles. The molecule has 0 spiro atoms. The minimum Gasteiger partial charge on any atom is -0.508 e. The fourth-order valence-corrected chi connectivity index (χ4v) is 5.92. The van der Waals surface area contributed by atoms with Crippen LogP contribution in [0.1, 0.15) is 42.9 Å². The van der Waals surface area contributed by atoms with Gasteiger partial charge in [-0.05, 0) is 84.3 Å². The third-order valence-corrected chi connectivity index (χ3v) is 8.18. The van der Waals surface area contributed by atoms with Crippen molar-refractivity contribution < 1.29 is 5.11 Å². The second-order valence-electron chi connectivity index (χ2n) is 10.7. The summed E-state index contributed by atoms with van der Waals surface area (Å²) in [5.74, 6) is 1.12. The minimum atomic E-state index is 0.298. The summed E-state index contributed by atoms with van der Waals surface area (Å²) in [7, 11) is 2.23. The summed E-state index contributed by atoms with van der Waals surface area (Å²) in [5, 5.41) is 9.90. The van der Waals surface area contributed by atoms with Crippen LogP contribution < -0.4 is 4.90 Å². The Kier molecular flexibility index (Phi) is 8.28. The second kappa shape index (κ2) is 12.0. The van der Waals surface area contributed by atoms with Crippen LogP contribution in [0.4, 0.5) is 5.69 Å². The van der Waals surface area contributed by atoms with E-state index in [1.165, 1.54) is 73.5 Å². The Balaban J connectivity index is 1.33. The number of piperazine rings is 1. The molecule has 2 saturated heterocycles. The van der Waals surface area contributed by atoms with Gasteiger partial charge in [0.25, 0.3) is 0 Å². The summed E-state index contributed by atoms with van der Waals surface area (Å²) in [6.45, 7) is 10.6. The molecular weight excluding hydrogens is 454 g/mol. The number of hydrogen-bond donors (Lipinski definition) is 1. The van der Waals surface area contributed by atoms with Gasteiger partial charge in [-0.25, -0.2) is 0 Å². The molecule has 2 fully saturated rings. The van der Waals surface area contributed by atoms with Gasteiger partial charge in [0.05, 0.1) is 0 Å². The topological polar surface area (TPSA) is 30.0 Å². The lowest BCUT2D eigenvalue weighted by Gasteiger charge is -2.38. The monoisotopic (exact) mass is 495 g/mol. The lowest BCUT2D eigenvalue weighted by Crippen LogP contribution is -2.47. The van der Waals surface area contributed by atoms with Gasteiger partial charge in [-0.1, -0.05) is 61.5 Å². The zero-order valence-corrected chi connectivity index (χ0v) is 22.4. The van der Waals surface area contributed by atoms with Gasteiger partial charge < -0.3 is 19.8 Å². The van der Waals surface area contributed by atoms with E-state index in [9.17, 15) is 5.11 Å². The first kappa shape index (κ1) is 25.6. The summed E-state index contributed by atoms with van der Waals surface area (Å²) in [5.41, 5.74) is 7.50. The van der Waals surface area contributed by atoms with Crippen LogP contribution >= 0.6 is 0 Å². The Hall–Kier alpha value is -3.08. The maximum absolute atomic E-state index is 9.90. The number of anilines is 1. The van der Waals surface area contributed by atoms with Gasteiger partial charge in [-0.3, -0.25) is 0 Å². The molecule has 2 aliphatic heterocycles. The number of allylic oxidation sites excluding steroid dienone is 1. The number of nitrogens with zero attached hydrogens (tertiary/aromatic N) is 3. The third-order valence-electron chi connectivity index (χ3n) is 8.18. The largest absolute Gasteiger partial charge is 0.508 e. The van der Waals surface area contributed by atoms with Crippen molar-refractivity contribution in [3.05, 3.63) is 95.6 Å². The number of likely N-dealkylation sites (N-methyl/N-ethyl adjacent to an activating group) is 1. The van der Waals surface area contributed by atoms with E-state index < -0.39 is 0 Å². The van der Waals surface area contributed by atoms with Gasteiger partial charge >= 0.3 is 0 Å². The maximum atomic E-state index is 9.90. The number of benzene rings is 3. The summed E-state index contributed by atoms with van der Waals surface area (Å²) in [6, 6.07) is 27.5. The Bertz CT molecular complexity index is 1150. The van der Waals surface area contributed by atoms with Crippen LogP contribution in [0, 0.1) is 5.92 Å². The van der Waals surface area contributed by atoms with Crippen molar-refractivity contribution >= 4 is 16.8 Å². The van der Waals surface area contributed by atoms with Crippen LogP contribution in [0.15, 0.2) is 78.9 Å². The zero-order valence-electron chi connectivity index (χ0n) is 22.4. The van der Waals surface area contributed by atoms with E-state index in [4.69, 9.17) is 0 Å². The van der Waals surface area contributed by atoms with Crippen molar-refractivity contribution in [1.82, 2.24) is 9.80 Å². The molecule has 0 aromatic heterocycles. The van der Waals surface area contributed by atoms with Gasteiger partial charge in [0.2, 0.25) is 0 Å². The Labute approximate surface area is 222 Å². The average molecular weight is 496 g/mol. The van der Waals surface area contributed by atoms with E-state index in [0.29, 0.717) is 5.75 Å². The van der Waals surface area contributed by atoms with Gasteiger partial charge in [0.15, 0.2) is 0 Å². The standard InChI is InChI=1S/C33H41N3O/c1-3-32(27-7-5-4-6-8-27)33(29-11-15-31(37)16-12-29)28-9-13-30(14-10-28)36-19-17-26(18-20-36)25-35-23-21-34(2)22-24-35/h4-16,26,37H,3,17-25H2,1-2H3/b33-32+. The van der Waals surface area contributed by atoms with E-state index in [1.807, 2.05) is 12.1 Å². The number of piperidine rings is 1. The van der Waals surface area contributed by atoms with Gasteiger partial charge in [0.1, 0.15) is 5.75 Å². The van der Waals surface area contributed by atoms with E-state index in [1.54, 1.807) is 12.1 Å². The zero-order chi connectivity index (χ0) is 25.6. The highest BCUT2D eigenvalue weighted by Gasteiger charge is 2.23. The highest BCUT2D eigenvalue weighted by molar-refractivity contribution is 5.98. The molecule has 4 nitrogen and oxygen atoms in total. The summed E-state index contributed by atoms with van der Waals surface area (Å²) < 4.78 is 0. The molecule has 37 heavy (non-hydrogen) atoms. The molecule has 194 valence electrons. The number of rotatable bonds is 7. The van der Waals surface area contributed by atoms with Crippen LogP contribution in [0.2, 0.25) is 0 Å². The van der Waals surface area contributed by atoms with Crippen LogP contribution in [0.5, 0.6) is 5.75 Å². The quantitative estimate of drug-likeness (QED) is 0.394. The number of phenols is 1. The average Bonchev–Trinajstić information content (AvgIpc) is 2.95. The van der Waals surface area contributed by atoms with Crippen molar-refractivity contribution in [2.24, 2.45) is 5.92 Å². The van der Waals surface area contributed by atoms with Crippen LogP contribution in [0.25, 0.3) is 11.1 Å². The molecule has 0 atom stereocenters. The van der Waals surface area contributed by atoms with Crippen molar-refractivity contribution in [2.45, 2.75) is 26.2 Å². The molecule has 0 radical (unpaired) electrons. The molecule has 5 rings (SSSR count). The van der Waals surface area contributed by atoms with Gasteiger partial charge in [-0.2, -0.15) is 0 Å². The lowest BCUT2D eigenvalue weighted by molar-refractivity contribution is 0.129. The molecule has 0 aliphatic carbocycles. The van der Waals surface area contributed by atoms with E-state index >= 15 is 0 Å². The lowest BCUT2D eigenvalue weighted by atomic mass is 9.88. The molecule has 3 aromatic carbocycles. The van der Waals surface area contributed by atoms with E-state index in [-0.39, 0.29) is 0 Å². The molecule has 0 bridgehead atoms. The Morgan fingerprint density at radius 1 is 0.730 bits per heavy atom. The summed E-state index contributed by atoms with van der Waals surface area (Å²) >= 11 is 0. The van der Waals surface area contributed by atoms with Crippen molar-refractivity contribution in [3.63, 3.8) is 0 Å². The second-order valence-corrected chi connectivity index (χ2v) is 10.7. The molecule has 3 aromatic rings. The van der Waals surface area contributed by atoms with Gasteiger partial charge in [-0.15, -0.1) is 0 Å². The molecule has 0 unspecified atom stereocenters. The SMILES string of the molecule is CC/C(=C(\c1ccc(O)cc1)c1ccc(N2CCC(CN3CCN(C)CC3)CC2)cc1)c1ccccc1. The highest BCUT2D eigenvalue weighted by atomic mass is 16.3. The predicted octanol–water partition coefficient (Wildman–Crippen LogP) is 6.23. The molecule has 0 amide bonds. The smallest absolute Gasteiger partial charge is 0.115 e. The van der Waals surface area contributed by atoms with E-state index in [0.717, 1.165) is 31.0 Å². The van der Waals surface area contributed by atoms with Crippen LogP contribution in [0.3, 0.4) is 0 Å². The van der Waals surface area contributed by atoms with Crippen molar-refractivity contribution in [2.75, 3.05) is 57.8 Å². The molecular formula is C33H41N3O. The summed E-state index contributed by atoms with van der Waals surface area (Å²) in [4.78, 5) is 7.67. The third kappa shape index (κ3) is 6.26. The van der Waals surface area contributed by atoms with Crippen LogP contribution in [-0.4, -0.2) is 67.8 Å². The maximum Gasteiger partial charge on any atom is 0.115 e.